The molecule has 0 atom stereocenters. The van der Waals surface area contributed by atoms with Crippen molar-refractivity contribution in [3.8, 4) is 0 Å². The van der Waals surface area contributed by atoms with Gasteiger partial charge in [0.05, 0.1) is 4.90 Å². The average molecular weight is 439 g/mol. The summed E-state index contributed by atoms with van der Waals surface area (Å²) in [5.41, 5.74) is 0. The third kappa shape index (κ3) is 4.44. The normalized spacial score (nSPS) is 13.2. The Bertz CT molecular complexity index is 588. The van der Waals surface area contributed by atoms with Crippen molar-refractivity contribution in [2.75, 3.05) is 6.54 Å². The van der Waals surface area contributed by atoms with Crippen LogP contribution in [0.25, 0.3) is 0 Å². The van der Waals surface area contributed by atoms with E-state index in [1.165, 1.54) is 26.0 Å². The summed E-state index contributed by atoms with van der Waals surface area (Å²) >= 11 is 6.17. The number of rotatable bonds is 4. The van der Waals surface area contributed by atoms with Gasteiger partial charge in [0.25, 0.3) is 0 Å². The molecule has 0 saturated heterocycles. The van der Waals surface area contributed by atoms with Crippen LogP contribution < -0.4 is 0 Å². The molecule has 1 aromatic rings. The molecule has 0 heterocycles. The van der Waals surface area contributed by atoms with E-state index in [4.69, 9.17) is 0 Å². The molecule has 0 aromatic heterocycles. The highest BCUT2D eigenvalue weighted by Crippen LogP contribution is 2.31. The minimum atomic E-state index is -4.60. The van der Waals surface area contributed by atoms with Crippen LogP contribution in [0, 0.1) is 0 Å². The first-order chi connectivity index (χ1) is 8.95. The van der Waals surface area contributed by atoms with Gasteiger partial charge < -0.3 is 0 Å². The Balaban J connectivity index is 3.34. The molecule has 0 amide bonds. The molecule has 0 aliphatic heterocycles. The molecule has 0 bridgehead atoms. The fraction of sp³-hybridized carbons (Fsp3) is 0.455. The molecule has 20 heavy (non-hydrogen) atoms. The SMILES string of the molecule is CC(C)N(CC(F)(F)F)S(=O)(=O)c1cc(Br)ccc1Br. The van der Waals surface area contributed by atoms with Gasteiger partial charge in [-0.25, -0.2) is 8.42 Å². The molecule has 0 aliphatic rings. The van der Waals surface area contributed by atoms with E-state index in [9.17, 15) is 21.6 Å². The maximum atomic E-state index is 12.6. The Hall–Kier alpha value is -0.120. The fourth-order valence-corrected chi connectivity index (χ4v) is 4.61. The fourth-order valence-electron chi connectivity index (χ4n) is 1.52. The van der Waals surface area contributed by atoms with Gasteiger partial charge in [-0.1, -0.05) is 15.9 Å². The largest absolute Gasteiger partial charge is 0.402 e. The van der Waals surface area contributed by atoms with Crippen LogP contribution in [-0.2, 0) is 10.0 Å². The van der Waals surface area contributed by atoms with Crippen LogP contribution in [0.3, 0.4) is 0 Å². The molecule has 9 heteroatoms. The Kier molecular flexibility index (Phi) is 5.67. The highest BCUT2D eigenvalue weighted by molar-refractivity contribution is 9.11. The summed E-state index contributed by atoms with van der Waals surface area (Å²) in [6.07, 6.45) is -4.60. The highest BCUT2D eigenvalue weighted by atomic mass is 79.9. The van der Waals surface area contributed by atoms with Crippen molar-refractivity contribution in [3.05, 3.63) is 27.1 Å². The molecule has 1 rings (SSSR count). The smallest absolute Gasteiger partial charge is 0.207 e. The molecular formula is C11H12Br2F3NO2S. The van der Waals surface area contributed by atoms with Crippen LogP contribution in [0.5, 0.6) is 0 Å². The monoisotopic (exact) mass is 437 g/mol. The highest BCUT2D eigenvalue weighted by Gasteiger charge is 2.39. The molecule has 0 saturated carbocycles. The summed E-state index contributed by atoms with van der Waals surface area (Å²) in [6, 6.07) is 3.51. The maximum Gasteiger partial charge on any atom is 0.402 e. The van der Waals surface area contributed by atoms with E-state index in [0.29, 0.717) is 8.78 Å². The Morgan fingerprint density at radius 3 is 2.25 bits per heavy atom. The average Bonchev–Trinajstić information content (AvgIpc) is 2.27. The molecule has 114 valence electrons. The summed E-state index contributed by atoms with van der Waals surface area (Å²) < 4.78 is 63.6. The summed E-state index contributed by atoms with van der Waals surface area (Å²) in [5, 5.41) is 0. The van der Waals surface area contributed by atoms with Gasteiger partial charge in [-0.3, -0.25) is 0 Å². The molecule has 1 aromatic carbocycles. The maximum absolute atomic E-state index is 12.6. The van der Waals surface area contributed by atoms with Crippen molar-refractivity contribution in [3.63, 3.8) is 0 Å². The van der Waals surface area contributed by atoms with E-state index in [1.54, 1.807) is 6.07 Å². The number of benzene rings is 1. The van der Waals surface area contributed by atoms with Gasteiger partial charge in [-0.05, 0) is 48.0 Å². The van der Waals surface area contributed by atoms with Crippen LogP contribution >= 0.6 is 31.9 Å². The summed E-state index contributed by atoms with van der Waals surface area (Å²) in [4.78, 5) is -0.204. The first-order valence-corrected chi connectivity index (χ1v) is 8.51. The summed E-state index contributed by atoms with van der Waals surface area (Å²) in [7, 11) is -4.25. The van der Waals surface area contributed by atoms with Crippen molar-refractivity contribution in [2.45, 2.75) is 31.0 Å². The molecule has 0 radical (unpaired) electrons. The van der Waals surface area contributed by atoms with Crippen molar-refractivity contribution in [2.24, 2.45) is 0 Å². The van der Waals surface area contributed by atoms with Gasteiger partial charge in [0.1, 0.15) is 6.54 Å². The molecule has 0 N–H and O–H groups in total. The number of halogens is 5. The van der Waals surface area contributed by atoms with E-state index in [0.717, 1.165) is 0 Å². The number of sulfonamides is 1. The lowest BCUT2D eigenvalue weighted by atomic mass is 10.4. The van der Waals surface area contributed by atoms with Gasteiger partial charge in [-0.2, -0.15) is 17.5 Å². The molecule has 0 unspecified atom stereocenters. The van der Waals surface area contributed by atoms with Crippen molar-refractivity contribution in [1.29, 1.82) is 0 Å². The van der Waals surface area contributed by atoms with E-state index in [-0.39, 0.29) is 9.37 Å². The topological polar surface area (TPSA) is 37.4 Å². The van der Waals surface area contributed by atoms with E-state index in [1.807, 2.05) is 0 Å². The van der Waals surface area contributed by atoms with Crippen molar-refractivity contribution >= 4 is 41.9 Å². The van der Waals surface area contributed by atoms with E-state index >= 15 is 0 Å². The van der Waals surface area contributed by atoms with Gasteiger partial charge in [0.2, 0.25) is 10.0 Å². The lowest BCUT2D eigenvalue weighted by Gasteiger charge is -2.27. The zero-order valence-electron chi connectivity index (χ0n) is 10.6. The quantitative estimate of drug-likeness (QED) is 0.707. The number of hydrogen-bond acceptors (Lipinski definition) is 2. The second kappa shape index (κ2) is 6.33. The summed E-state index contributed by atoms with van der Waals surface area (Å²) in [5.74, 6) is 0. The van der Waals surface area contributed by atoms with Crippen LogP contribution in [-0.4, -0.2) is 31.5 Å². The second-order valence-corrected chi connectivity index (χ2v) is 7.96. The molecular weight excluding hydrogens is 427 g/mol. The number of alkyl halides is 3. The molecule has 0 aliphatic carbocycles. The van der Waals surface area contributed by atoms with Gasteiger partial charge in [0, 0.05) is 15.0 Å². The molecule has 0 spiro atoms. The zero-order chi connectivity index (χ0) is 15.7. The minimum Gasteiger partial charge on any atom is -0.207 e. The minimum absolute atomic E-state index is 0.204. The standard InChI is InChI=1S/C11H12Br2F3NO2S/c1-7(2)17(6-11(14,15)16)20(18,19)10-5-8(12)3-4-9(10)13/h3-5,7H,6H2,1-2H3. The predicted octanol–water partition coefficient (Wildman–Crippen LogP) is 4.17. The first kappa shape index (κ1) is 17.9. The predicted molar refractivity (Wildman–Crippen MR) is 76.9 cm³/mol. The molecule has 3 nitrogen and oxygen atoms in total. The molecule has 0 fully saturated rings. The lowest BCUT2D eigenvalue weighted by Crippen LogP contribution is -2.43. The van der Waals surface area contributed by atoms with E-state index < -0.39 is 28.8 Å². The Labute approximate surface area is 132 Å². The second-order valence-electron chi connectivity index (χ2n) is 4.33. The Morgan fingerprint density at radius 1 is 1.25 bits per heavy atom. The number of hydrogen-bond donors (Lipinski definition) is 0. The third-order valence-corrected chi connectivity index (χ3v) is 5.90. The Morgan fingerprint density at radius 2 is 1.80 bits per heavy atom. The first-order valence-electron chi connectivity index (χ1n) is 5.49. The van der Waals surface area contributed by atoms with Crippen LogP contribution in [0.4, 0.5) is 13.2 Å². The van der Waals surface area contributed by atoms with Gasteiger partial charge in [0.15, 0.2) is 0 Å². The lowest BCUT2D eigenvalue weighted by molar-refractivity contribution is -0.138. The summed E-state index contributed by atoms with van der Waals surface area (Å²) in [6.45, 7) is 1.27. The zero-order valence-corrected chi connectivity index (χ0v) is 14.6. The van der Waals surface area contributed by atoms with Crippen molar-refractivity contribution in [1.82, 2.24) is 4.31 Å². The van der Waals surface area contributed by atoms with E-state index in [2.05, 4.69) is 31.9 Å². The number of nitrogens with zero attached hydrogens (tertiary/aromatic N) is 1. The third-order valence-electron chi connectivity index (χ3n) is 2.39. The van der Waals surface area contributed by atoms with Gasteiger partial charge in [-0.15, -0.1) is 0 Å². The van der Waals surface area contributed by atoms with Crippen LogP contribution in [0.2, 0.25) is 0 Å². The van der Waals surface area contributed by atoms with Crippen molar-refractivity contribution < 1.29 is 21.6 Å². The van der Waals surface area contributed by atoms with Crippen LogP contribution in [0.1, 0.15) is 13.8 Å². The van der Waals surface area contributed by atoms with Crippen LogP contribution in [0.15, 0.2) is 32.0 Å². The van der Waals surface area contributed by atoms with Gasteiger partial charge >= 0.3 is 6.18 Å².